The zero-order valence-electron chi connectivity index (χ0n) is 12.5. The van der Waals surface area contributed by atoms with Crippen molar-refractivity contribution >= 4 is 11.4 Å². The molecule has 4 nitrogen and oxygen atoms in total. The lowest BCUT2D eigenvalue weighted by molar-refractivity contribution is 0.0868. The molecule has 0 spiro atoms. The van der Waals surface area contributed by atoms with Gasteiger partial charge in [0.1, 0.15) is 5.82 Å². The second-order valence-corrected chi connectivity index (χ2v) is 5.10. The molecule has 0 saturated heterocycles. The Morgan fingerprint density at radius 2 is 1.86 bits per heavy atom. The number of alkyl halides is 2. The molecule has 0 heterocycles. The molecule has 0 unspecified atom stereocenters. The zero-order valence-corrected chi connectivity index (χ0v) is 12.5. The highest BCUT2D eigenvalue weighted by atomic mass is 19.3. The lowest BCUT2D eigenvalue weighted by Crippen LogP contribution is -2.44. The minimum atomic E-state index is -3.05. The van der Waals surface area contributed by atoms with E-state index in [1.165, 1.54) is 26.8 Å². The summed E-state index contributed by atoms with van der Waals surface area (Å²) in [6.45, 7) is 10.1. The van der Waals surface area contributed by atoms with Crippen LogP contribution in [0.3, 0.4) is 0 Å². The third kappa shape index (κ3) is 4.95. The van der Waals surface area contributed by atoms with Gasteiger partial charge in [-0.3, -0.25) is 0 Å². The van der Waals surface area contributed by atoms with Crippen molar-refractivity contribution < 1.29 is 18.3 Å². The number of hydrazine groups is 1. The number of benzene rings is 1. The lowest BCUT2D eigenvalue weighted by Gasteiger charge is -2.29. The van der Waals surface area contributed by atoms with Gasteiger partial charge in [-0.05, 0) is 32.4 Å². The average molecular weight is 305 g/mol. The van der Waals surface area contributed by atoms with E-state index in [1.807, 2.05) is 0 Å². The molecule has 21 heavy (non-hydrogen) atoms. The zero-order chi connectivity index (χ0) is 17.0. The molecule has 0 aromatic heterocycles. The highest BCUT2D eigenvalue weighted by Gasteiger charge is 2.27. The first-order valence-electron chi connectivity index (χ1n) is 6.16. The molecule has 0 fully saturated rings. The molecule has 1 aromatic carbocycles. The summed E-state index contributed by atoms with van der Waals surface area (Å²) in [7, 11) is 0. The standard InChI is InChI=1S/C12H18F3N3O.C2H4/c1-6-4-7(16)10(8(9(6)13)11(14)15)18(17)5-12(2,3)19;1-2/h4,11,19H,5,16-17H2,1-3H3;1-2H2. The van der Waals surface area contributed by atoms with Gasteiger partial charge in [0, 0.05) is 0 Å². The van der Waals surface area contributed by atoms with Gasteiger partial charge in [0.05, 0.1) is 29.1 Å². The van der Waals surface area contributed by atoms with E-state index in [4.69, 9.17) is 11.6 Å². The van der Waals surface area contributed by atoms with Crippen LogP contribution in [0.25, 0.3) is 0 Å². The van der Waals surface area contributed by atoms with Gasteiger partial charge < -0.3 is 15.8 Å². The SMILES string of the molecule is C=C.Cc1cc(N)c(N(N)CC(C)(C)O)c(C(F)F)c1F. The first-order valence-corrected chi connectivity index (χ1v) is 6.16. The summed E-state index contributed by atoms with van der Waals surface area (Å²) in [6.07, 6.45) is -3.05. The minimum absolute atomic E-state index is 0.0215. The normalized spacial score (nSPS) is 11.1. The Hall–Kier alpha value is -1.73. The van der Waals surface area contributed by atoms with Gasteiger partial charge in [-0.2, -0.15) is 0 Å². The Balaban J connectivity index is 0.00000191. The summed E-state index contributed by atoms with van der Waals surface area (Å²) in [5.74, 6) is 4.60. The molecule has 1 aromatic rings. The number of nitrogens with zero attached hydrogens (tertiary/aromatic N) is 1. The predicted molar refractivity (Wildman–Crippen MR) is 79.6 cm³/mol. The number of anilines is 2. The number of aliphatic hydroxyl groups is 1. The van der Waals surface area contributed by atoms with Gasteiger partial charge >= 0.3 is 0 Å². The number of hydrogen-bond donors (Lipinski definition) is 3. The highest BCUT2D eigenvalue weighted by Crippen LogP contribution is 2.37. The smallest absolute Gasteiger partial charge is 0.268 e. The number of aryl methyl sites for hydroxylation is 1. The Labute approximate surface area is 122 Å². The molecular weight excluding hydrogens is 283 g/mol. The number of nitrogens with two attached hydrogens (primary N) is 2. The Bertz CT molecular complexity index is 487. The van der Waals surface area contributed by atoms with E-state index in [-0.39, 0.29) is 23.5 Å². The van der Waals surface area contributed by atoms with Crippen molar-refractivity contribution in [3.8, 4) is 0 Å². The van der Waals surface area contributed by atoms with Crippen LogP contribution in [-0.4, -0.2) is 17.3 Å². The third-order valence-electron chi connectivity index (χ3n) is 2.55. The molecule has 0 amide bonds. The molecule has 5 N–H and O–H groups in total. The van der Waals surface area contributed by atoms with E-state index < -0.39 is 23.4 Å². The fourth-order valence-corrected chi connectivity index (χ4v) is 1.85. The second-order valence-electron chi connectivity index (χ2n) is 5.10. The lowest BCUT2D eigenvalue weighted by atomic mass is 10.0. The molecule has 0 radical (unpaired) electrons. The van der Waals surface area contributed by atoms with Crippen LogP contribution in [-0.2, 0) is 0 Å². The van der Waals surface area contributed by atoms with Crippen LogP contribution >= 0.6 is 0 Å². The molecule has 0 bridgehead atoms. The molecule has 7 heteroatoms. The van der Waals surface area contributed by atoms with E-state index in [0.717, 1.165) is 5.01 Å². The fraction of sp³-hybridized carbons (Fsp3) is 0.429. The van der Waals surface area contributed by atoms with Crippen molar-refractivity contribution in [1.29, 1.82) is 0 Å². The number of rotatable bonds is 4. The summed E-state index contributed by atoms with van der Waals surface area (Å²) < 4.78 is 39.8. The predicted octanol–water partition coefficient (Wildman–Crippen LogP) is 2.91. The van der Waals surface area contributed by atoms with E-state index in [0.29, 0.717) is 0 Å². The van der Waals surface area contributed by atoms with E-state index in [1.54, 1.807) is 0 Å². The average Bonchev–Trinajstić information content (AvgIpc) is 2.33. The van der Waals surface area contributed by atoms with Crippen molar-refractivity contribution in [3.63, 3.8) is 0 Å². The summed E-state index contributed by atoms with van der Waals surface area (Å²) in [4.78, 5) is 0. The molecule has 0 atom stereocenters. The first-order chi connectivity index (χ1) is 9.54. The maximum atomic E-state index is 13.8. The van der Waals surface area contributed by atoms with Gasteiger partial charge in [0.2, 0.25) is 0 Å². The highest BCUT2D eigenvalue weighted by molar-refractivity contribution is 5.73. The quantitative estimate of drug-likeness (QED) is 0.346. The van der Waals surface area contributed by atoms with Gasteiger partial charge in [0.25, 0.3) is 6.43 Å². The van der Waals surface area contributed by atoms with Crippen LogP contribution < -0.4 is 16.6 Å². The van der Waals surface area contributed by atoms with Crippen LogP contribution in [0, 0.1) is 12.7 Å². The Kier molecular flexibility index (Phi) is 6.72. The summed E-state index contributed by atoms with van der Waals surface area (Å²) in [6, 6.07) is 1.24. The van der Waals surface area contributed by atoms with Crippen LogP contribution in [0.4, 0.5) is 24.5 Å². The van der Waals surface area contributed by atoms with Gasteiger partial charge in [0.15, 0.2) is 0 Å². The van der Waals surface area contributed by atoms with Crippen molar-refractivity contribution in [3.05, 3.63) is 36.2 Å². The van der Waals surface area contributed by atoms with Crippen molar-refractivity contribution in [2.45, 2.75) is 32.8 Å². The number of hydrogen-bond acceptors (Lipinski definition) is 4. The Morgan fingerprint density at radius 1 is 1.38 bits per heavy atom. The van der Waals surface area contributed by atoms with Crippen LogP contribution in [0.2, 0.25) is 0 Å². The van der Waals surface area contributed by atoms with E-state index in [9.17, 15) is 18.3 Å². The summed E-state index contributed by atoms with van der Waals surface area (Å²) in [5.41, 5.74) is 3.24. The fourth-order valence-electron chi connectivity index (χ4n) is 1.85. The number of halogens is 3. The molecule has 0 aliphatic rings. The molecule has 0 saturated carbocycles. The molecule has 120 valence electrons. The summed E-state index contributed by atoms with van der Waals surface area (Å²) >= 11 is 0. The topological polar surface area (TPSA) is 75.5 Å². The molecule has 1 rings (SSSR count). The van der Waals surface area contributed by atoms with Gasteiger partial charge in [-0.25, -0.2) is 19.0 Å². The maximum absolute atomic E-state index is 13.8. The van der Waals surface area contributed by atoms with E-state index >= 15 is 0 Å². The third-order valence-corrected chi connectivity index (χ3v) is 2.55. The van der Waals surface area contributed by atoms with Gasteiger partial charge in [-0.15, -0.1) is 13.2 Å². The first kappa shape index (κ1) is 19.3. The maximum Gasteiger partial charge on any atom is 0.268 e. The molecule has 0 aliphatic carbocycles. The van der Waals surface area contributed by atoms with Crippen LogP contribution in [0.1, 0.15) is 31.4 Å². The van der Waals surface area contributed by atoms with E-state index in [2.05, 4.69) is 13.2 Å². The minimum Gasteiger partial charge on any atom is -0.397 e. The molecule has 0 aliphatic heterocycles. The van der Waals surface area contributed by atoms with Crippen LogP contribution in [0.15, 0.2) is 19.2 Å². The van der Waals surface area contributed by atoms with Crippen molar-refractivity contribution in [1.82, 2.24) is 0 Å². The number of nitrogen functional groups attached to an aromatic ring is 1. The van der Waals surface area contributed by atoms with Gasteiger partial charge in [-0.1, -0.05) is 0 Å². The largest absolute Gasteiger partial charge is 0.397 e. The second kappa shape index (κ2) is 7.33. The van der Waals surface area contributed by atoms with Crippen molar-refractivity contribution in [2.24, 2.45) is 5.84 Å². The van der Waals surface area contributed by atoms with Crippen LogP contribution in [0.5, 0.6) is 0 Å². The Morgan fingerprint density at radius 3 is 2.24 bits per heavy atom. The molecular formula is C14H22F3N3O. The summed E-state index contributed by atoms with van der Waals surface area (Å²) in [5, 5.41) is 10.5. The van der Waals surface area contributed by atoms with Crippen molar-refractivity contribution in [2.75, 3.05) is 17.3 Å². The monoisotopic (exact) mass is 305 g/mol.